The van der Waals surface area contributed by atoms with Gasteiger partial charge in [0.1, 0.15) is 16.8 Å². The predicted octanol–water partition coefficient (Wildman–Crippen LogP) is 2.39. The third-order valence-corrected chi connectivity index (χ3v) is 3.42. The highest BCUT2D eigenvalue weighted by Crippen LogP contribution is 2.28. The second kappa shape index (κ2) is 3.85. The monoisotopic (exact) mass is 297 g/mol. The highest BCUT2D eigenvalue weighted by molar-refractivity contribution is 9.10. The van der Waals surface area contributed by atoms with Crippen LogP contribution in [-0.4, -0.2) is 8.42 Å². The molecule has 0 radical (unpaired) electrons. The molecule has 0 aromatic heterocycles. The Morgan fingerprint density at radius 1 is 1.50 bits per heavy atom. The van der Waals surface area contributed by atoms with E-state index in [1.165, 1.54) is 6.07 Å². The van der Waals surface area contributed by atoms with Crippen LogP contribution in [-0.2, 0) is 9.05 Å². The summed E-state index contributed by atoms with van der Waals surface area (Å²) < 4.78 is 35.1. The Balaban J connectivity index is 3.74. The molecule has 0 aliphatic heterocycles. The second-order valence-corrected chi connectivity index (χ2v) is 5.64. The molecule has 0 unspecified atom stereocenters. The topological polar surface area (TPSA) is 57.9 Å². The Hall–Kier alpha value is -0.640. The molecule has 1 rings (SSSR count). The number of hydrogen-bond donors (Lipinski definition) is 0. The number of nitriles is 1. The smallest absolute Gasteiger partial charge is 0.207 e. The fourth-order valence-electron chi connectivity index (χ4n) is 0.876. The maximum atomic E-state index is 13.1. The molecule has 1 aromatic rings. The van der Waals surface area contributed by atoms with Gasteiger partial charge in [0, 0.05) is 15.2 Å². The van der Waals surface area contributed by atoms with E-state index < -0.39 is 19.8 Å². The van der Waals surface area contributed by atoms with Crippen LogP contribution in [0.3, 0.4) is 0 Å². The van der Waals surface area contributed by atoms with E-state index >= 15 is 0 Å². The van der Waals surface area contributed by atoms with Crippen LogP contribution in [0.1, 0.15) is 5.56 Å². The number of hydrogen-bond acceptors (Lipinski definition) is 3. The maximum Gasteiger partial charge on any atom is 0.265 e. The van der Waals surface area contributed by atoms with E-state index in [1.807, 2.05) is 0 Å². The molecule has 0 bridgehead atoms. The normalized spacial score (nSPS) is 11.0. The molecule has 3 nitrogen and oxygen atoms in total. The molecule has 14 heavy (non-hydrogen) atoms. The van der Waals surface area contributed by atoms with Crippen molar-refractivity contribution in [2.45, 2.75) is 4.90 Å². The highest BCUT2D eigenvalue weighted by atomic mass is 79.9. The van der Waals surface area contributed by atoms with Gasteiger partial charge in [0.25, 0.3) is 9.05 Å². The lowest BCUT2D eigenvalue weighted by Gasteiger charge is -2.02. The summed E-state index contributed by atoms with van der Waals surface area (Å²) in [7, 11) is 0.726. The zero-order valence-corrected chi connectivity index (χ0v) is 9.62. The minimum Gasteiger partial charge on any atom is -0.207 e. The van der Waals surface area contributed by atoms with Crippen molar-refractivity contribution in [2.75, 3.05) is 0 Å². The van der Waals surface area contributed by atoms with Crippen molar-refractivity contribution < 1.29 is 12.8 Å². The average Bonchev–Trinajstić information content (AvgIpc) is 2.06. The largest absolute Gasteiger partial charge is 0.265 e. The van der Waals surface area contributed by atoms with Gasteiger partial charge in [-0.15, -0.1) is 0 Å². The molecule has 7 heteroatoms. The quantitative estimate of drug-likeness (QED) is 0.748. The number of benzene rings is 1. The molecule has 0 atom stereocenters. The molecular formula is C7H2BrClFNO2S. The Labute approximate surface area is 92.7 Å². The van der Waals surface area contributed by atoms with Gasteiger partial charge in [-0.3, -0.25) is 0 Å². The second-order valence-electron chi connectivity index (χ2n) is 2.28. The van der Waals surface area contributed by atoms with Crippen molar-refractivity contribution in [1.82, 2.24) is 0 Å². The van der Waals surface area contributed by atoms with Crippen molar-refractivity contribution in [1.29, 1.82) is 5.26 Å². The van der Waals surface area contributed by atoms with Gasteiger partial charge in [0.2, 0.25) is 0 Å². The fourth-order valence-corrected chi connectivity index (χ4v) is 2.58. The maximum absolute atomic E-state index is 13.1. The van der Waals surface area contributed by atoms with Gasteiger partial charge >= 0.3 is 0 Å². The summed E-state index contributed by atoms with van der Waals surface area (Å²) in [6.45, 7) is 0. The molecule has 0 saturated heterocycles. The first-order valence-corrected chi connectivity index (χ1v) is 6.31. The van der Waals surface area contributed by atoms with Crippen molar-refractivity contribution in [3.63, 3.8) is 0 Å². The molecule has 0 fully saturated rings. The van der Waals surface area contributed by atoms with Gasteiger partial charge in [-0.2, -0.15) is 5.26 Å². The first kappa shape index (κ1) is 11.4. The van der Waals surface area contributed by atoms with Crippen molar-refractivity contribution in [3.05, 3.63) is 28.0 Å². The van der Waals surface area contributed by atoms with Crippen LogP contribution in [0.25, 0.3) is 0 Å². The van der Waals surface area contributed by atoms with Crippen LogP contribution in [0.4, 0.5) is 4.39 Å². The molecule has 0 aliphatic carbocycles. The predicted molar refractivity (Wildman–Crippen MR) is 51.9 cm³/mol. The van der Waals surface area contributed by atoms with E-state index in [1.54, 1.807) is 6.07 Å². The summed E-state index contributed by atoms with van der Waals surface area (Å²) >= 11 is 2.92. The lowest BCUT2D eigenvalue weighted by Crippen LogP contribution is -2.00. The molecule has 0 amide bonds. The van der Waals surface area contributed by atoms with Gasteiger partial charge in [0.15, 0.2) is 0 Å². The Kier molecular flexibility index (Phi) is 3.14. The van der Waals surface area contributed by atoms with Crippen molar-refractivity contribution >= 4 is 35.7 Å². The van der Waals surface area contributed by atoms with Crippen LogP contribution >= 0.6 is 26.6 Å². The first-order chi connectivity index (χ1) is 6.38. The zero-order chi connectivity index (χ0) is 10.9. The summed E-state index contributed by atoms with van der Waals surface area (Å²) in [6, 6.07) is 3.71. The molecule has 0 spiro atoms. The Morgan fingerprint density at radius 3 is 2.43 bits per heavy atom. The van der Waals surface area contributed by atoms with E-state index in [9.17, 15) is 12.8 Å². The summed E-state index contributed by atoms with van der Waals surface area (Å²) in [5.74, 6) is -1.04. The molecule has 0 heterocycles. The lowest BCUT2D eigenvalue weighted by atomic mass is 10.2. The van der Waals surface area contributed by atoms with Crippen LogP contribution in [0.15, 0.2) is 21.5 Å². The fraction of sp³-hybridized carbons (Fsp3) is 0. The van der Waals surface area contributed by atoms with Gasteiger partial charge in [0.05, 0.1) is 5.56 Å². The average molecular weight is 299 g/mol. The molecule has 1 aromatic carbocycles. The molecular weight excluding hydrogens is 297 g/mol. The highest BCUT2D eigenvalue weighted by Gasteiger charge is 2.23. The van der Waals surface area contributed by atoms with Gasteiger partial charge in [-0.25, -0.2) is 12.8 Å². The minimum atomic E-state index is -4.25. The minimum absolute atomic E-state index is 0.181. The molecule has 74 valence electrons. The van der Waals surface area contributed by atoms with Crippen LogP contribution < -0.4 is 0 Å². The third kappa shape index (κ3) is 2.05. The molecule has 0 aliphatic rings. The molecule has 0 N–H and O–H groups in total. The number of rotatable bonds is 1. The Bertz CT molecular complexity index is 523. The summed E-state index contributed by atoms with van der Waals surface area (Å²) in [4.78, 5) is -0.795. The van der Waals surface area contributed by atoms with Gasteiger partial charge in [-0.1, -0.05) is 0 Å². The van der Waals surface area contributed by atoms with Crippen LogP contribution in [0, 0.1) is 17.1 Å². The SMILES string of the molecule is N#Cc1c(Br)ccc(F)c1S(=O)(=O)Cl. The standard InChI is InChI=1S/C7H2BrClFNO2S/c8-5-1-2-6(10)7(4(5)3-11)14(9,12)13/h1-2H. The summed E-state index contributed by atoms with van der Waals surface area (Å²) in [5.41, 5.74) is -0.333. The van der Waals surface area contributed by atoms with E-state index in [0.717, 1.165) is 6.07 Å². The summed E-state index contributed by atoms with van der Waals surface area (Å²) in [5, 5.41) is 8.62. The van der Waals surface area contributed by atoms with E-state index in [-0.39, 0.29) is 10.0 Å². The van der Waals surface area contributed by atoms with Crippen LogP contribution in [0.2, 0.25) is 0 Å². The summed E-state index contributed by atoms with van der Waals surface area (Å²) in [6.07, 6.45) is 0. The van der Waals surface area contributed by atoms with Crippen molar-refractivity contribution in [2.24, 2.45) is 0 Å². The Morgan fingerprint density at radius 2 is 2.07 bits per heavy atom. The van der Waals surface area contributed by atoms with E-state index in [2.05, 4.69) is 15.9 Å². The number of nitrogens with zero attached hydrogens (tertiary/aromatic N) is 1. The number of halogens is 3. The van der Waals surface area contributed by atoms with E-state index in [4.69, 9.17) is 15.9 Å². The van der Waals surface area contributed by atoms with Gasteiger partial charge in [-0.05, 0) is 28.1 Å². The van der Waals surface area contributed by atoms with Crippen LogP contribution in [0.5, 0.6) is 0 Å². The first-order valence-electron chi connectivity index (χ1n) is 3.20. The van der Waals surface area contributed by atoms with Crippen molar-refractivity contribution in [3.8, 4) is 6.07 Å². The van der Waals surface area contributed by atoms with Gasteiger partial charge < -0.3 is 0 Å². The van der Waals surface area contributed by atoms with E-state index in [0.29, 0.717) is 0 Å². The lowest BCUT2D eigenvalue weighted by molar-refractivity contribution is 0.574. The molecule has 0 saturated carbocycles. The zero-order valence-electron chi connectivity index (χ0n) is 6.46. The third-order valence-electron chi connectivity index (χ3n) is 1.41.